The standard InChI is InChI=1S/C15H19NO/c1-3-11(2)16-14-15(9-13(15)10-17-14)12-7-5-4-6-8-12/h4-8,11,13H,3,9-10H2,1-2H3. The first kappa shape index (κ1) is 10.8. The second kappa shape index (κ2) is 3.86. The van der Waals surface area contributed by atoms with Gasteiger partial charge in [0.1, 0.15) is 0 Å². The summed E-state index contributed by atoms with van der Waals surface area (Å²) in [5.41, 5.74) is 1.51. The molecule has 2 aliphatic rings. The van der Waals surface area contributed by atoms with Crippen molar-refractivity contribution in [3.8, 4) is 0 Å². The smallest absolute Gasteiger partial charge is 0.194 e. The second-order valence-corrected chi connectivity index (χ2v) is 5.24. The van der Waals surface area contributed by atoms with Gasteiger partial charge >= 0.3 is 0 Å². The number of fused-ring (bicyclic) bond motifs is 1. The Bertz CT molecular complexity index is 439. The van der Waals surface area contributed by atoms with Crippen LogP contribution < -0.4 is 0 Å². The van der Waals surface area contributed by atoms with Crippen LogP contribution in [0.5, 0.6) is 0 Å². The molecule has 0 spiro atoms. The predicted molar refractivity (Wildman–Crippen MR) is 69.4 cm³/mol. The molecule has 0 bridgehead atoms. The SMILES string of the molecule is CCC(C)N=C1OCC2CC12c1ccccc1. The number of nitrogens with zero attached hydrogens (tertiary/aromatic N) is 1. The van der Waals surface area contributed by atoms with Crippen LogP contribution in [0.25, 0.3) is 0 Å². The Balaban J connectivity index is 1.95. The first-order valence-electron chi connectivity index (χ1n) is 6.54. The van der Waals surface area contributed by atoms with Crippen molar-refractivity contribution >= 4 is 5.90 Å². The average molecular weight is 229 g/mol. The molecule has 1 saturated heterocycles. The highest BCUT2D eigenvalue weighted by atomic mass is 16.5. The molecule has 1 aromatic rings. The summed E-state index contributed by atoms with van der Waals surface area (Å²) in [5, 5.41) is 0. The van der Waals surface area contributed by atoms with E-state index < -0.39 is 0 Å². The van der Waals surface area contributed by atoms with Gasteiger partial charge in [-0.05, 0) is 25.3 Å². The second-order valence-electron chi connectivity index (χ2n) is 5.24. The minimum Gasteiger partial charge on any atom is -0.480 e. The molecule has 0 N–H and O–H groups in total. The van der Waals surface area contributed by atoms with Crippen LogP contribution in [0.15, 0.2) is 35.3 Å². The van der Waals surface area contributed by atoms with E-state index in [1.807, 2.05) is 0 Å². The van der Waals surface area contributed by atoms with Crippen LogP contribution in [0, 0.1) is 5.92 Å². The maximum atomic E-state index is 5.80. The summed E-state index contributed by atoms with van der Waals surface area (Å²) in [4.78, 5) is 4.76. The van der Waals surface area contributed by atoms with E-state index in [0.29, 0.717) is 12.0 Å². The molecular weight excluding hydrogens is 210 g/mol. The van der Waals surface area contributed by atoms with Crippen molar-refractivity contribution in [3.05, 3.63) is 35.9 Å². The largest absolute Gasteiger partial charge is 0.480 e. The van der Waals surface area contributed by atoms with E-state index in [4.69, 9.17) is 9.73 Å². The Kier molecular flexibility index (Phi) is 2.46. The number of aliphatic imine (C=N–C) groups is 1. The molecule has 17 heavy (non-hydrogen) atoms. The normalized spacial score (nSPS) is 34.2. The molecule has 0 aromatic heterocycles. The van der Waals surface area contributed by atoms with Gasteiger partial charge in [0, 0.05) is 5.92 Å². The molecule has 1 aliphatic heterocycles. The monoisotopic (exact) mass is 229 g/mol. The van der Waals surface area contributed by atoms with Crippen molar-refractivity contribution in [2.24, 2.45) is 10.9 Å². The fourth-order valence-corrected chi connectivity index (χ4v) is 2.76. The van der Waals surface area contributed by atoms with Crippen molar-refractivity contribution in [2.45, 2.75) is 38.1 Å². The molecule has 1 aromatic carbocycles. The van der Waals surface area contributed by atoms with E-state index >= 15 is 0 Å². The third-order valence-corrected chi connectivity index (χ3v) is 4.13. The van der Waals surface area contributed by atoms with Crippen LogP contribution in [0.2, 0.25) is 0 Å². The van der Waals surface area contributed by atoms with Crippen LogP contribution in [0.1, 0.15) is 32.3 Å². The zero-order valence-electron chi connectivity index (χ0n) is 10.5. The van der Waals surface area contributed by atoms with Crippen LogP contribution in [-0.2, 0) is 10.2 Å². The maximum Gasteiger partial charge on any atom is 0.194 e. The van der Waals surface area contributed by atoms with Crippen molar-refractivity contribution in [3.63, 3.8) is 0 Å². The van der Waals surface area contributed by atoms with Crippen molar-refractivity contribution < 1.29 is 4.74 Å². The van der Waals surface area contributed by atoms with E-state index in [1.165, 1.54) is 12.0 Å². The average Bonchev–Trinajstić information content (AvgIpc) is 3.02. The van der Waals surface area contributed by atoms with Crippen molar-refractivity contribution in [1.29, 1.82) is 0 Å². The van der Waals surface area contributed by atoms with Gasteiger partial charge < -0.3 is 4.74 Å². The summed E-state index contributed by atoms with van der Waals surface area (Å²) in [6, 6.07) is 11.1. The molecular formula is C15H19NO. The third kappa shape index (κ3) is 1.58. The Hall–Kier alpha value is -1.31. The summed E-state index contributed by atoms with van der Waals surface area (Å²) in [6.07, 6.45) is 2.29. The molecule has 3 unspecified atom stereocenters. The topological polar surface area (TPSA) is 21.6 Å². The molecule has 3 atom stereocenters. The van der Waals surface area contributed by atoms with Gasteiger partial charge in [0.2, 0.25) is 0 Å². The van der Waals surface area contributed by atoms with E-state index in [-0.39, 0.29) is 5.41 Å². The van der Waals surface area contributed by atoms with Crippen LogP contribution >= 0.6 is 0 Å². The lowest BCUT2D eigenvalue weighted by Gasteiger charge is -2.15. The Morgan fingerprint density at radius 2 is 2.18 bits per heavy atom. The molecule has 2 nitrogen and oxygen atoms in total. The van der Waals surface area contributed by atoms with E-state index in [0.717, 1.165) is 18.9 Å². The van der Waals surface area contributed by atoms with Crippen molar-refractivity contribution in [2.75, 3.05) is 6.61 Å². The summed E-state index contributed by atoms with van der Waals surface area (Å²) < 4.78 is 5.80. The van der Waals surface area contributed by atoms with Gasteiger partial charge in [-0.3, -0.25) is 4.99 Å². The minimum absolute atomic E-state index is 0.130. The first-order chi connectivity index (χ1) is 8.27. The Labute approximate surface area is 103 Å². The molecule has 0 amide bonds. The lowest BCUT2D eigenvalue weighted by atomic mass is 9.94. The highest BCUT2D eigenvalue weighted by molar-refractivity contribution is 5.94. The van der Waals surface area contributed by atoms with E-state index in [9.17, 15) is 0 Å². The molecule has 1 heterocycles. The molecule has 2 fully saturated rings. The molecule has 1 saturated carbocycles. The Morgan fingerprint density at radius 1 is 1.41 bits per heavy atom. The van der Waals surface area contributed by atoms with E-state index in [2.05, 4.69) is 44.2 Å². The molecule has 90 valence electrons. The maximum absolute atomic E-state index is 5.80. The zero-order valence-corrected chi connectivity index (χ0v) is 10.5. The quantitative estimate of drug-likeness (QED) is 0.780. The Morgan fingerprint density at radius 3 is 2.82 bits per heavy atom. The highest BCUT2D eigenvalue weighted by Gasteiger charge is 2.64. The highest BCUT2D eigenvalue weighted by Crippen LogP contribution is 2.59. The lowest BCUT2D eigenvalue weighted by Crippen LogP contribution is -2.21. The molecule has 1 aliphatic carbocycles. The van der Waals surface area contributed by atoms with Gasteiger partial charge in [-0.15, -0.1) is 0 Å². The number of benzene rings is 1. The van der Waals surface area contributed by atoms with Gasteiger partial charge in [0.15, 0.2) is 5.90 Å². The number of hydrogen-bond acceptors (Lipinski definition) is 2. The van der Waals surface area contributed by atoms with Crippen LogP contribution in [0.3, 0.4) is 0 Å². The molecule has 0 radical (unpaired) electrons. The van der Waals surface area contributed by atoms with E-state index in [1.54, 1.807) is 0 Å². The zero-order chi connectivity index (χ0) is 11.9. The molecule has 3 rings (SSSR count). The van der Waals surface area contributed by atoms with Gasteiger partial charge in [-0.25, -0.2) is 0 Å². The van der Waals surface area contributed by atoms with Crippen LogP contribution in [0.4, 0.5) is 0 Å². The fourth-order valence-electron chi connectivity index (χ4n) is 2.76. The summed E-state index contributed by atoms with van der Waals surface area (Å²) in [7, 11) is 0. The minimum atomic E-state index is 0.130. The lowest BCUT2D eigenvalue weighted by molar-refractivity contribution is 0.310. The van der Waals surface area contributed by atoms with Gasteiger partial charge in [0.05, 0.1) is 18.1 Å². The molecule has 2 heteroatoms. The van der Waals surface area contributed by atoms with Gasteiger partial charge in [-0.1, -0.05) is 37.3 Å². The van der Waals surface area contributed by atoms with Crippen molar-refractivity contribution in [1.82, 2.24) is 0 Å². The van der Waals surface area contributed by atoms with Gasteiger partial charge in [0.25, 0.3) is 0 Å². The number of hydrogen-bond donors (Lipinski definition) is 0. The summed E-state index contributed by atoms with van der Waals surface area (Å²) >= 11 is 0. The number of ether oxygens (including phenoxy) is 1. The van der Waals surface area contributed by atoms with Gasteiger partial charge in [-0.2, -0.15) is 0 Å². The summed E-state index contributed by atoms with van der Waals surface area (Å²) in [6.45, 7) is 5.18. The predicted octanol–water partition coefficient (Wildman–Crippen LogP) is 3.17. The third-order valence-electron chi connectivity index (χ3n) is 4.13. The summed E-state index contributed by atoms with van der Waals surface area (Å²) in [5.74, 6) is 1.65. The first-order valence-corrected chi connectivity index (χ1v) is 6.54. The fraction of sp³-hybridized carbons (Fsp3) is 0.533. The van der Waals surface area contributed by atoms with Crippen LogP contribution in [-0.4, -0.2) is 18.5 Å². The number of rotatable bonds is 3.